The topological polar surface area (TPSA) is 37.8 Å². The van der Waals surface area contributed by atoms with Crippen molar-refractivity contribution in [3.8, 4) is 0 Å². The lowest BCUT2D eigenvalue weighted by Crippen LogP contribution is -2.23. The summed E-state index contributed by atoms with van der Waals surface area (Å²) in [4.78, 5) is 7.76. The third-order valence-electron chi connectivity index (χ3n) is 2.40. The van der Waals surface area contributed by atoms with Crippen molar-refractivity contribution < 1.29 is 13.2 Å². The Bertz CT molecular complexity index is 389. The van der Waals surface area contributed by atoms with Gasteiger partial charge in [0, 0.05) is 30.0 Å². The maximum atomic E-state index is 12.2. The van der Waals surface area contributed by atoms with Crippen LogP contribution in [0.4, 0.5) is 13.2 Å². The van der Waals surface area contributed by atoms with Gasteiger partial charge >= 0.3 is 6.18 Å². The highest BCUT2D eigenvalue weighted by atomic mass is 19.4. The van der Waals surface area contributed by atoms with E-state index in [1.165, 1.54) is 6.20 Å². The molecular formula is C12H18F3N3. The number of hydrogen-bond donors (Lipinski definition) is 1. The zero-order valence-electron chi connectivity index (χ0n) is 10.8. The molecule has 0 bridgehead atoms. The van der Waals surface area contributed by atoms with E-state index < -0.39 is 12.6 Å². The third-order valence-corrected chi connectivity index (χ3v) is 2.40. The summed E-state index contributed by atoms with van der Waals surface area (Å²) in [6.45, 7) is 6.46. The average molecular weight is 261 g/mol. The molecule has 0 radical (unpaired) electrons. The molecule has 0 aliphatic rings. The van der Waals surface area contributed by atoms with Crippen LogP contribution >= 0.6 is 0 Å². The van der Waals surface area contributed by atoms with Gasteiger partial charge in [0.15, 0.2) is 0 Å². The van der Waals surface area contributed by atoms with Gasteiger partial charge in [-0.15, -0.1) is 0 Å². The fourth-order valence-electron chi connectivity index (χ4n) is 1.52. The van der Waals surface area contributed by atoms with Gasteiger partial charge in [0.2, 0.25) is 0 Å². The first-order chi connectivity index (χ1) is 8.31. The number of nitrogens with zero attached hydrogens (tertiary/aromatic N) is 2. The molecule has 1 N–H and O–H groups in total. The number of nitrogens with one attached hydrogen (secondary N) is 1. The Morgan fingerprint density at radius 1 is 1.33 bits per heavy atom. The van der Waals surface area contributed by atoms with Gasteiger partial charge < -0.3 is 5.32 Å². The number of alkyl halides is 3. The van der Waals surface area contributed by atoms with Gasteiger partial charge in [0.25, 0.3) is 0 Å². The maximum Gasteiger partial charge on any atom is 0.396 e. The number of rotatable bonds is 5. The van der Waals surface area contributed by atoms with E-state index in [-0.39, 0.29) is 5.82 Å². The quantitative estimate of drug-likeness (QED) is 0.885. The summed E-state index contributed by atoms with van der Waals surface area (Å²) in [6.07, 6.45) is -3.24. The van der Waals surface area contributed by atoms with Crippen LogP contribution in [0.1, 0.15) is 37.9 Å². The van der Waals surface area contributed by atoms with Gasteiger partial charge in [0.1, 0.15) is 12.2 Å². The fourth-order valence-corrected chi connectivity index (χ4v) is 1.52. The molecule has 3 nitrogen and oxygen atoms in total. The van der Waals surface area contributed by atoms with E-state index in [4.69, 9.17) is 0 Å². The molecular weight excluding hydrogens is 243 g/mol. The van der Waals surface area contributed by atoms with E-state index in [0.717, 1.165) is 5.56 Å². The minimum Gasteiger partial charge on any atom is -0.310 e. The predicted molar refractivity (Wildman–Crippen MR) is 63.1 cm³/mol. The predicted octanol–water partition coefficient (Wildman–Crippen LogP) is 2.64. The minimum absolute atomic E-state index is 0.160. The summed E-state index contributed by atoms with van der Waals surface area (Å²) in [7, 11) is 0. The summed E-state index contributed by atoms with van der Waals surface area (Å²) in [5, 5.41) is 3.20. The van der Waals surface area contributed by atoms with E-state index in [0.29, 0.717) is 24.7 Å². The summed E-state index contributed by atoms with van der Waals surface area (Å²) in [5.41, 5.74) is 1.54. The zero-order chi connectivity index (χ0) is 13.8. The fraction of sp³-hybridized carbons (Fsp3) is 0.667. The van der Waals surface area contributed by atoms with E-state index in [1.807, 2.05) is 20.8 Å². The maximum absolute atomic E-state index is 12.2. The van der Waals surface area contributed by atoms with Crippen LogP contribution in [0, 0.1) is 0 Å². The molecule has 0 saturated carbocycles. The van der Waals surface area contributed by atoms with Gasteiger partial charge in [-0.25, -0.2) is 9.97 Å². The van der Waals surface area contributed by atoms with Crippen LogP contribution in [-0.4, -0.2) is 22.2 Å². The Labute approximate surface area is 105 Å². The van der Waals surface area contributed by atoms with Crippen LogP contribution in [0.3, 0.4) is 0 Å². The van der Waals surface area contributed by atoms with Crippen LogP contribution < -0.4 is 5.32 Å². The Morgan fingerprint density at radius 3 is 2.50 bits per heavy atom. The molecule has 6 heteroatoms. The summed E-state index contributed by atoms with van der Waals surface area (Å²) in [6, 6.07) is 0.310. The van der Waals surface area contributed by atoms with Crippen molar-refractivity contribution in [3.05, 3.63) is 23.3 Å². The van der Waals surface area contributed by atoms with Crippen molar-refractivity contribution >= 4 is 0 Å². The Kier molecular flexibility index (Phi) is 5.07. The van der Waals surface area contributed by atoms with Crippen LogP contribution in [0.2, 0.25) is 0 Å². The van der Waals surface area contributed by atoms with Crippen LogP contribution in [0.25, 0.3) is 0 Å². The lowest BCUT2D eigenvalue weighted by Gasteiger charge is -2.12. The number of aromatic nitrogens is 2. The van der Waals surface area contributed by atoms with Gasteiger partial charge in [-0.3, -0.25) is 0 Å². The molecule has 102 valence electrons. The number of aryl methyl sites for hydroxylation is 1. The SMILES string of the molecule is CCc1nc(CC(F)(F)F)ncc1CNC(C)C. The smallest absolute Gasteiger partial charge is 0.310 e. The monoisotopic (exact) mass is 261 g/mol. The molecule has 0 fully saturated rings. The van der Waals surface area contributed by atoms with Crippen molar-refractivity contribution in [3.63, 3.8) is 0 Å². The standard InChI is InChI=1S/C12H18F3N3/c1-4-10-9(6-16-8(2)3)7-17-11(18-10)5-12(13,14)15/h7-8,16H,4-6H2,1-3H3. The lowest BCUT2D eigenvalue weighted by atomic mass is 10.1. The van der Waals surface area contributed by atoms with Crippen molar-refractivity contribution in [1.29, 1.82) is 0 Å². The zero-order valence-corrected chi connectivity index (χ0v) is 10.8. The lowest BCUT2D eigenvalue weighted by molar-refractivity contribution is -0.128. The molecule has 0 unspecified atom stereocenters. The molecule has 0 amide bonds. The third kappa shape index (κ3) is 5.00. The van der Waals surface area contributed by atoms with Gasteiger partial charge in [-0.1, -0.05) is 20.8 Å². The second-order valence-electron chi connectivity index (χ2n) is 4.44. The molecule has 0 aromatic carbocycles. The molecule has 1 heterocycles. The molecule has 0 aliphatic carbocycles. The molecule has 1 rings (SSSR count). The van der Waals surface area contributed by atoms with Gasteiger partial charge in [-0.2, -0.15) is 13.2 Å². The minimum atomic E-state index is -4.26. The van der Waals surface area contributed by atoms with Gasteiger partial charge in [0.05, 0.1) is 0 Å². The van der Waals surface area contributed by atoms with E-state index in [2.05, 4.69) is 15.3 Å². The number of halogens is 3. The summed E-state index contributed by atoms with van der Waals surface area (Å²) in [5.74, 6) is -0.160. The highest BCUT2D eigenvalue weighted by Gasteiger charge is 2.29. The number of hydrogen-bond acceptors (Lipinski definition) is 3. The first kappa shape index (κ1) is 14.9. The average Bonchev–Trinajstić information content (AvgIpc) is 2.24. The van der Waals surface area contributed by atoms with Crippen molar-refractivity contribution in [2.45, 2.75) is 52.4 Å². The van der Waals surface area contributed by atoms with E-state index >= 15 is 0 Å². The summed E-state index contributed by atoms with van der Waals surface area (Å²) >= 11 is 0. The largest absolute Gasteiger partial charge is 0.396 e. The summed E-state index contributed by atoms with van der Waals surface area (Å²) < 4.78 is 36.7. The van der Waals surface area contributed by atoms with Crippen LogP contribution in [0.15, 0.2) is 6.20 Å². The van der Waals surface area contributed by atoms with Crippen molar-refractivity contribution in [2.75, 3.05) is 0 Å². The highest BCUT2D eigenvalue weighted by Crippen LogP contribution is 2.19. The Hall–Kier alpha value is -1.17. The first-order valence-electron chi connectivity index (χ1n) is 5.95. The second kappa shape index (κ2) is 6.13. The molecule has 0 atom stereocenters. The van der Waals surface area contributed by atoms with E-state index in [1.54, 1.807) is 0 Å². The van der Waals surface area contributed by atoms with Gasteiger partial charge in [-0.05, 0) is 6.42 Å². The van der Waals surface area contributed by atoms with Crippen molar-refractivity contribution in [2.24, 2.45) is 0 Å². The molecule has 18 heavy (non-hydrogen) atoms. The van der Waals surface area contributed by atoms with Crippen LogP contribution in [0.5, 0.6) is 0 Å². The van der Waals surface area contributed by atoms with Crippen molar-refractivity contribution in [1.82, 2.24) is 15.3 Å². The molecule has 0 aliphatic heterocycles. The second-order valence-corrected chi connectivity index (χ2v) is 4.44. The highest BCUT2D eigenvalue weighted by molar-refractivity contribution is 5.18. The van der Waals surface area contributed by atoms with E-state index in [9.17, 15) is 13.2 Å². The Morgan fingerprint density at radius 2 is 2.00 bits per heavy atom. The Balaban J connectivity index is 2.83. The molecule has 1 aromatic rings. The first-order valence-corrected chi connectivity index (χ1v) is 5.95. The molecule has 0 spiro atoms. The molecule has 1 aromatic heterocycles. The normalized spacial score (nSPS) is 12.2. The van der Waals surface area contributed by atoms with Crippen LogP contribution in [-0.2, 0) is 19.4 Å². The molecule has 0 saturated heterocycles.